The van der Waals surface area contributed by atoms with Crippen LogP contribution in [0.3, 0.4) is 0 Å². The summed E-state index contributed by atoms with van der Waals surface area (Å²) in [6.07, 6.45) is 1.18. The first-order valence-corrected chi connectivity index (χ1v) is 14.8. The Labute approximate surface area is 240 Å². The van der Waals surface area contributed by atoms with Crippen molar-refractivity contribution in [1.82, 2.24) is 35.7 Å². The zero-order chi connectivity index (χ0) is 28.6. The van der Waals surface area contributed by atoms with Gasteiger partial charge >= 0.3 is 0 Å². The number of thioether (sulfide) groups is 1. The molecule has 0 saturated carbocycles. The van der Waals surface area contributed by atoms with Crippen LogP contribution in [0.5, 0.6) is 0 Å². The van der Waals surface area contributed by atoms with Gasteiger partial charge in [-0.05, 0) is 57.0 Å². The number of nitrogens with two attached hydrogens (primary N) is 1. The maximum atomic E-state index is 13.1. The largest absolute Gasteiger partial charge is 0.368 e. The van der Waals surface area contributed by atoms with Crippen molar-refractivity contribution in [3.63, 3.8) is 0 Å². The molecular formula is C28H40N8O3S. The SMILES string of the molecule is Cc1cc(C)c2cc1C(=O)NCCCC(C(=O)NCCN1CCN(C)CC1)NC(=O)CCSc1cc-2nc(N)n1. The number of aromatic nitrogens is 2. The Kier molecular flexibility index (Phi) is 10.3. The van der Waals surface area contributed by atoms with E-state index in [0.29, 0.717) is 48.0 Å². The molecule has 11 nitrogen and oxygen atoms in total. The molecule has 1 aromatic heterocycles. The van der Waals surface area contributed by atoms with Crippen LogP contribution in [0, 0.1) is 13.8 Å². The highest BCUT2D eigenvalue weighted by Gasteiger charge is 2.22. The fourth-order valence-corrected chi connectivity index (χ4v) is 5.80. The topological polar surface area (TPSA) is 146 Å². The summed E-state index contributed by atoms with van der Waals surface area (Å²) in [5, 5.41) is 9.51. The predicted octanol–water partition coefficient (Wildman–Crippen LogP) is 1.20. The molecule has 3 amide bonds. The molecule has 1 aromatic carbocycles. The van der Waals surface area contributed by atoms with Crippen LogP contribution in [0.1, 0.15) is 40.7 Å². The number of fused-ring (bicyclic) bond motifs is 5. The lowest BCUT2D eigenvalue weighted by Gasteiger charge is -2.32. The van der Waals surface area contributed by atoms with Crippen LogP contribution in [0.25, 0.3) is 11.3 Å². The molecule has 1 saturated heterocycles. The van der Waals surface area contributed by atoms with Gasteiger partial charge in [0.1, 0.15) is 11.1 Å². The summed E-state index contributed by atoms with van der Waals surface area (Å²) in [6.45, 7) is 9.54. The predicted molar refractivity (Wildman–Crippen MR) is 157 cm³/mol. The number of nitrogen functional groups attached to an aromatic ring is 1. The summed E-state index contributed by atoms with van der Waals surface area (Å²) in [4.78, 5) is 52.3. The first-order valence-electron chi connectivity index (χ1n) is 13.8. The van der Waals surface area contributed by atoms with Gasteiger partial charge in [-0.15, -0.1) is 11.8 Å². The van der Waals surface area contributed by atoms with Crippen LogP contribution < -0.4 is 21.7 Å². The van der Waals surface area contributed by atoms with Crippen LogP contribution in [0.15, 0.2) is 23.2 Å². The van der Waals surface area contributed by atoms with E-state index in [1.54, 1.807) is 0 Å². The Morgan fingerprint density at radius 1 is 1.10 bits per heavy atom. The van der Waals surface area contributed by atoms with Crippen molar-refractivity contribution in [2.24, 2.45) is 0 Å². The lowest BCUT2D eigenvalue weighted by Crippen LogP contribution is -2.50. The summed E-state index contributed by atoms with van der Waals surface area (Å²) >= 11 is 1.40. The molecule has 2 aliphatic rings. The van der Waals surface area contributed by atoms with Crippen LogP contribution in [0.2, 0.25) is 0 Å². The van der Waals surface area contributed by atoms with E-state index in [-0.39, 0.29) is 30.1 Å². The summed E-state index contributed by atoms with van der Waals surface area (Å²) in [5.74, 6) is -0.0110. The number of rotatable bonds is 4. The Morgan fingerprint density at radius 2 is 1.85 bits per heavy atom. The van der Waals surface area contributed by atoms with Crippen molar-refractivity contribution in [2.45, 2.75) is 44.2 Å². The van der Waals surface area contributed by atoms with Crippen LogP contribution in [0.4, 0.5) is 5.95 Å². The molecule has 4 bridgehead atoms. The van der Waals surface area contributed by atoms with Crippen molar-refractivity contribution in [3.05, 3.63) is 34.9 Å². The van der Waals surface area contributed by atoms with E-state index in [1.807, 2.05) is 32.0 Å². The van der Waals surface area contributed by atoms with Gasteiger partial charge < -0.3 is 26.6 Å². The third-order valence-corrected chi connectivity index (χ3v) is 8.23. The highest BCUT2D eigenvalue weighted by molar-refractivity contribution is 7.99. The van der Waals surface area contributed by atoms with Crippen molar-refractivity contribution in [2.75, 3.05) is 64.3 Å². The van der Waals surface area contributed by atoms with Gasteiger partial charge in [0.15, 0.2) is 0 Å². The van der Waals surface area contributed by atoms with E-state index in [9.17, 15) is 14.4 Å². The molecule has 4 rings (SSSR count). The molecule has 1 fully saturated rings. The number of benzene rings is 1. The minimum Gasteiger partial charge on any atom is -0.368 e. The minimum atomic E-state index is -0.674. The molecule has 12 heteroatoms. The van der Waals surface area contributed by atoms with Gasteiger partial charge in [0.25, 0.3) is 5.91 Å². The number of hydrogen-bond donors (Lipinski definition) is 4. The molecule has 0 aliphatic carbocycles. The van der Waals surface area contributed by atoms with E-state index in [2.05, 4.69) is 42.8 Å². The summed E-state index contributed by atoms with van der Waals surface area (Å²) in [6, 6.07) is 4.96. The normalized spacial score (nSPS) is 19.8. The monoisotopic (exact) mass is 568 g/mol. The summed E-state index contributed by atoms with van der Waals surface area (Å²) < 4.78 is 0. The van der Waals surface area contributed by atoms with E-state index in [1.165, 1.54) is 11.8 Å². The van der Waals surface area contributed by atoms with E-state index < -0.39 is 6.04 Å². The van der Waals surface area contributed by atoms with Crippen LogP contribution in [-0.2, 0) is 9.59 Å². The molecule has 0 radical (unpaired) electrons. The van der Waals surface area contributed by atoms with Gasteiger partial charge in [0.05, 0.1) is 5.69 Å². The molecule has 1 unspecified atom stereocenters. The standard InChI is InChI=1S/C28H40N8O3S/c1-18-15-19(2)21-16-20(18)23-17-25(34-28(29)33-23)40-14-6-24(37)32-22(5-4-7-30-26(21)38)27(39)31-8-9-36-12-10-35(3)11-13-36/h15-17,22H,4-14H2,1-3H3,(H,30,38)(H,31,39)(H,32,37)(H2,29,33,34). The Balaban J connectivity index is 1.46. The van der Waals surface area contributed by atoms with Gasteiger partial charge in [-0.1, -0.05) is 6.07 Å². The lowest BCUT2D eigenvalue weighted by molar-refractivity contribution is -0.129. The Morgan fingerprint density at radius 3 is 2.62 bits per heavy atom. The number of piperazine rings is 1. The second kappa shape index (κ2) is 13.9. The fourth-order valence-electron chi connectivity index (χ4n) is 4.95. The Bertz CT molecular complexity index is 1230. The van der Waals surface area contributed by atoms with Crippen LogP contribution in [-0.4, -0.2) is 102 Å². The number of likely N-dealkylation sites (N-methyl/N-ethyl adjacent to an activating group) is 1. The number of amides is 3. The quantitative estimate of drug-likeness (QED) is 0.400. The van der Waals surface area contributed by atoms with Crippen LogP contribution >= 0.6 is 11.8 Å². The zero-order valence-electron chi connectivity index (χ0n) is 23.6. The van der Waals surface area contributed by atoms with Gasteiger partial charge in [-0.25, -0.2) is 9.97 Å². The number of aryl methyl sites for hydroxylation is 2. The number of carbonyl (C=O) groups is 3. The summed E-state index contributed by atoms with van der Waals surface area (Å²) in [5.41, 5.74) is 9.84. The number of carbonyl (C=O) groups excluding carboxylic acids is 3. The Hall–Kier alpha value is -3.22. The molecule has 3 heterocycles. The average molecular weight is 569 g/mol. The first kappa shape index (κ1) is 29.8. The molecule has 2 aliphatic heterocycles. The lowest BCUT2D eigenvalue weighted by atomic mass is 9.97. The summed E-state index contributed by atoms with van der Waals surface area (Å²) in [7, 11) is 2.11. The van der Waals surface area contributed by atoms with Gasteiger partial charge in [-0.3, -0.25) is 19.3 Å². The fraction of sp³-hybridized carbons (Fsp3) is 0.536. The smallest absolute Gasteiger partial charge is 0.251 e. The van der Waals surface area contributed by atoms with Gasteiger partial charge in [0.2, 0.25) is 17.8 Å². The molecular weight excluding hydrogens is 528 g/mol. The molecule has 1 atom stereocenters. The third kappa shape index (κ3) is 8.15. The minimum absolute atomic E-state index is 0.127. The van der Waals surface area contributed by atoms with Gasteiger partial charge in [-0.2, -0.15) is 0 Å². The number of nitrogens with zero attached hydrogens (tertiary/aromatic N) is 4. The molecule has 0 spiro atoms. The van der Waals surface area contributed by atoms with Gasteiger partial charge in [0, 0.05) is 69.1 Å². The maximum absolute atomic E-state index is 13.1. The zero-order valence-corrected chi connectivity index (χ0v) is 24.4. The third-order valence-electron chi connectivity index (χ3n) is 7.32. The second-order valence-electron chi connectivity index (χ2n) is 10.5. The number of anilines is 1. The highest BCUT2D eigenvalue weighted by atomic mass is 32.2. The molecule has 40 heavy (non-hydrogen) atoms. The molecule has 5 N–H and O–H groups in total. The van der Waals surface area contributed by atoms with E-state index in [0.717, 1.165) is 49.4 Å². The first-order chi connectivity index (χ1) is 19.2. The average Bonchev–Trinajstić information content (AvgIpc) is 2.90. The molecule has 2 aromatic rings. The van der Waals surface area contributed by atoms with E-state index in [4.69, 9.17) is 5.73 Å². The van der Waals surface area contributed by atoms with Crippen molar-refractivity contribution in [1.29, 1.82) is 0 Å². The molecule has 216 valence electrons. The van der Waals surface area contributed by atoms with Crippen molar-refractivity contribution in [3.8, 4) is 11.3 Å². The second-order valence-corrected chi connectivity index (χ2v) is 11.6. The van der Waals surface area contributed by atoms with Crippen molar-refractivity contribution < 1.29 is 14.4 Å². The number of nitrogens with one attached hydrogen (secondary N) is 3. The van der Waals surface area contributed by atoms with Crippen molar-refractivity contribution >= 4 is 35.4 Å². The maximum Gasteiger partial charge on any atom is 0.251 e. The highest BCUT2D eigenvalue weighted by Crippen LogP contribution is 2.29. The van der Waals surface area contributed by atoms with E-state index >= 15 is 0 Å². The number of hydrogen-bond acceptors (Lipinski definition) is 9.